The predicted octanol–water partition coefficient (Wildman–Crippen LogP) is 2.10. The summed E-state index contributed by atoms with van der Waals surface area (Å²) in [6.07, 6.45) is 0.293. The molecule has 1 atom stereocenters. The van der Waals surface area contributed by atoms with Gasteiger partial charge in [0.05, 0.1) is 5.69 Å². The zero-order valence-electron chi connectivity index (χ0n) is 17.0. The van der Waals surface area contributed by atoms with E-state index in [1.54, 1.807) is 17.0 Å². The third-order valence-corrected chi connectivity index (χ3v) is 4.80. The van der Waals surface area contributed by atoms with E-state index < -0.39 is 11.6 Å². The van der Waals surface area contributed by atoms with Crippen LogP contribution in [0.1, 0.15) is 33.6 Å². The molecule has 3 rings (SSSR count). The molecule has 0 aliphatic carbocycles. The first-order valence-electron chi connectivity index (χ1n) is 9.75. The molecule has 2 saturated heterocycles. The second kappa shape index (κ2) is 8.26. The van der Waals surface area contributed by atoms with Crippen LogP contribution in [0.5, 0.6) is 0 Å². The van der Waals surface area contributed by atoms with E-state index in [0.717, 1.165) is 0 Å². The summed E-state index contributed by atoms with van der Waals surface area (Å²) in [7, 11) is 0. The maximum Gasteiger partial charge on any atom is 0.410 e. The molecule has 1 unspecified atom stereocenters. The number of imide groups is 1. The number of benzene rings is 1. The van der Waals surface area contributed by atoms with E-state index in [4.69, 9.17) is 4.74 Å². The molecule has 0 saturated carbocycles. The fourth-order valence-electron chi connectivity index (χ4n) is 3.33. The molecule has 0 spiro atoms. The van der Waals surface area contributed by atoms with Crippen LogP contribution in [0, 0.1) is 5.82 Å². The first kappa shape index (κ1) is 20.9. The van der Waals surface area contributed by atoms with Gasteiger partial charge >= 0.3 is 6.09 Å². The SMILES string of the molecule is CC(C)(C)OC(=O)N1CCN(c2cc(NC3CCC(=O)NC3=O)ccc2F)CC1. The van der Waals surface area contributed by atoms with Crippen molar-refractivity contribution in [3.8, 4) is 0 Å². The van der Waals surface area contributed by atoms with E-state index in [9.17, 15) is 18.8 Å². The lowest BCUT2D eigenvalue weighted by Crippen LogP contribution is -2.50. The van der Waals surface area contributed by atoms with Gasteiger partial charge in [-0.25, -0.2) is 9.18 Å². The van der Waals surface area contributed by atoms with Crippen LogP contribution in [0.15, 0.2) is 18.2 Å². The number of carbonyl (C=O) groups is 3. The van der Waals surface area contributed by atoms with Crippen molar-refractivity contribution in [3.05, 3.63) is 24.0 Å². The Morgan fingerprint density at radius 2 is 1.90 bits per heavy atom. The maximum absolute atomic E-state index is 14.4. The minimum absolute atomic E-state index is 0.268. The van der Waals surface area contributed by atoms with Gasteiger partial charge in [0.25, 0.3) is 0 Å². The first-order valence-corrected chi connectivity index (χ1v) is 9.75. The number of anilines is 2. The fourth-order valence-corrected chi connectivity index (χ4v) is 3.33. The molecular formula is C20H27FN4O4. The topological polar surface area (TPSA) is 91.0 Å². The largest absolute Gasteiger partial charge is 0.444 e. The number of hydrogen-bond acceptors (Lipinski definition) is 6. The van der Waals surface area contributed by atoms with Crippen molar-refractivity contribution in [2.24, 2.45) is 0 Å². The highest BCUT2D eigenvalue weighted by atomic mass is 19.1. The van der Waals surface area contributed by atoms with Crippen molar-refractivity contribution in [2.45, 2.75) is 45.3 Å². The molecule has 2 aliphatic rings. The molecule has 2 aliphatic heterocycles. The first-order chi connectivity index (χ1) is 13.6. The normalized spacial score (nSPS) is 20.3. The zero-order valence-corrected chi connectivity index (χ0v) is 17.0. The Kier molecular flexibility index (Phi) is 5.95. The van der Waals surface area contributed by atoms with Crippen LogP contribution in [-0.2, 0) is 14.3 Å². The minimum Gasteiger partial charge on any atom is -0.444 e. The van der Waals surface area contributed by atoms with E-state index in [1.807, 2.05) is 25.7 Å². The molecule has 9 heteroatoms. The lowest BCUT2D eigenvalue weighted by molar-refractivity contribution is -0.133. The highest BCUT2D eigenvalue weighted by molar-refractivity contribution is 6.01. The van der Waals surface area contributed by atoms with Crippen LogP contribution in [0.4, 0.5) is 20.6 Å². The standard InChI is InChI=1S/C20H27FN4O4/c1-20(2,3)29-19(28)25-10-8-24(9-11-25)16-12-13(4-5-14(16)21)22-15-6-7-17(26)23-18(15)27/h4-5,12,15,22H,6-11H2,1-3H3,(H,23,26,27). The summed E-state index contributed by atoms with van der Waals surface area (Å²) in [6, 6.07) is 4.04. The smallest absolute Gasteiger partial charge is 0.410 e. The van der Waals surface area contributed by atoms with Gasteiger partial charge in [0.2, 0.25) is 11.8 Å². The number of amides is 3. The third-order valence-electron chi connectivity index (χ3n) is 4.80. The molecule has 8 nitrogen and oxygen atoms in total. The van der Waals surface area contributed by atoms with E-state index in [1.165, 1.54) is 6.07 Å². The van der Waals surface area contributed by atoms with Gasteiger partial charge in [-0.1, -0.05) is 0 Å². The molecule has 1 aromatic carbocycles. The zero-order chi connectivity index (χ0) is 21.2. The highest BCUT2D eigenvalue weighted by Gasteiger charge is 2.28. The molecule has 3 amide bonds. The Morgan fingerprint density at radius 1 is 1.21 bits per heavy atom. The summed E-state index contributed by atoms with van der Waals surface area (Å²) >= 11 is 0. The van der Waals surface area contributed by atoms with Crippen molar-refractivity contribution in [2.75, 3.05) is 36.4 Å². The van der Waals surface area contributed by atoms with Crippen molar-refractivity contribution in [1.82, 2.24) is 10.2 Å². The van der Waals surface area contributed by atoms with Crippen molar-refractivity contribution in [1.29, 1.82) is 0 Å². The van der Waals surface area contributed by atoms with Crippen molar-refractivity contribution >= 4 is 29.3 Å². The van der Waals surface area contributed by atoms with E-state index in [2.05, 4.69) is 10.6 Å². The average molecular weight is 406 g/mol. The molecule has 0 bridgehead atoms. The van der Waals surface area contributed by atoms with Gasteiger partial charge < -0.3 is 19.9 Å². The van der Waals surface area contributed by atoms with E-state index in [0.29, 0.717) is 44.0 Å². The number of piperidine rings is 1. The van der Waals surface area contributed by atoms with Gasteiger partial charge in [-0.2, -0.15) is 0 Å². The van der Waals surface area contributed by atoms with Gasteiger partial charge in [-0.15, -0.1) is 0 Å². The van der Waals surface area contributed by atoms with Crippen LogP contribution in [0.3, 0.4) is 0 Å². The Labute approximate surface area is 169 Å². The van der Waals surface area contributed by atoms with Crippen LogP contribution in [0.2, 0.25) is 0 Å². The predicted molar refractivity (Wildman–Crippen MR) is 106 cm³/mol. The van der Waals surface area contributed by atoms with Crippen LogP contribution >= 0.6 is 0 Å². The quantitative estimate of drug-likeness (QED) is 0.747. The number of halogens is 1. The van der Waals surface area contributed by atoms with E-state index >= 15 is 0 Å². The Bertz CT molecular complexity index is 800. The minimum atomic E-state index is -0.559. The molecular weight excluding hydrogens is 379 g/mol. The molecule has 1 aromatic rings. The summed E-state index contributed by atoms with van der Waals surface area (Å²) in [5, 5.41) is 5.36. The van der Waals surface area contributed by atoms with Gasteiger partial charge in [0.15, 0.2) is 0 Å². The van der Waals surface area contributed by atoms with Gasteiger partial charge in [-0.3, -0.25) is 14.9 Å². The van der Waals surface area contributed by atoms with Crippen LogP contribution in [-0.4, -0.2) is 60.6 Å². The molecule has 2 N–H and O–H groups in total. The molecule has 29 heavy (non-hydrogen) atoms. The Morgan fingerprint density at radius 3 is 2.52 bits per heavy atom. The van der Waals surface area contributed by atoms with E-state index in [-0.39, 0.29) is 30.1 Å². The number of carbonyl (C=O) groups excluding carboxylic acids is 3. The summed E-state index contributed by atoms with van der Waals surface area (Å²) in [6.45, 7) is 7.25. The number of nitrogens with one attached hydrogen (secondary N) is 2. The van der Waals surface area contributed by atoms with Crippen LogP contribution in [0.25, 0.3) is 0 Å². The fraction of sp³-hybridized carbons (Fsp3) is 0.550. The number of ether oxygens (including phenoxy) is 1. The summed E-state index contributed by atoms with van der Waals surface area (Å²) < 4.78 is 19.8. The molecule has 0 radical (unpaired) electrons. The average Bonchev–Trinajstić information content (AvgIpc) is 2.64. The highest BCUT2D eigenvalue weighted by Crippen LogP contribution is 2.26. The monoisotopic (exact) mass is 406 g/mol. The van der Waals surface area contributed by atoms with Gasteiger partial charge in [0.1, 0.15) is 17.5 Å². The number of nitrogens with zero attached hydrogens (tertiary/aromatic N) is 2. The molecule has 2 fully saturated rings. The Balaban J connectivity index is 1.63. The van der Waals surface area contributed by atoms with Gasteiger partial charge in [0, 0.05) is 38.3 Å². The van der Waals surface area contributed by atoms with Gasteiger partial charge in [-0.05, 0) is 45.4 Å². The maximum atomic E-state index is 14.4. The second-order valence-corrected chi connectivity index (χ2v) is 8.27. The lowest BCUT2D eigenvalue weighted by atomic mass is 10.1. The summed E-state index contributed by atoms with van der Waals surface area (Å²) in [4.78, 5) is 38.9. The lowest BCUT2D eigenvalue weighted by Gasteiger charge is -2.37. The Hall–Kier alpha value is -2.84. The number of hydrogen-bond donors (Lipinski definition) is 2. The third kappa shape index (κ3) is 5.36. The molecule has 2 heterocycles. The van der Waals surface area contributed by atoms with Crippen LogP contribution < -0.4 is 15.5 Å². The number of piperazine rings is 1. The summed E-state index contributed by atoms with van der Waals surface area (Å²) in [5.74, 6) is -1.03. The van der Waals surface area contributed by atoms with Crippen molar-refractivity contribution in [3.63, 3.8) is 0 Å². The molecule has 158 valence electrons. The number of rotatable bonds is 3. The van der Waals surface area contributed by atoms with Crippen molar-refractivity contribution < 1.29 is 23.5 Å². The summed E-state index contributed by atoms with van der Waals surface area (Å²) in [5.41, 5.74) is 0.452. The molecule has 0 aromatic heterocycles. The second-order valence-electron chi connectivity index (χ2n) is 8.27.